The first-order chi connectivity index (χ1) is 10.0. The van der Waals surface area contributed by atoms with E-state index in [2.05, 4.69) is 4.74 Å². The molecule has 0 bridgehead atoms. The summed E-state index contributed by atoms with van der Waals surface area (Å²) in [6.45, 7) is 7.75. The maximum Gasteiger partial charge on any atom is 0.401 e. The highest BCUT2D eigenvalue weighted by molar-refractivity contribution is 8.00. The Balaban J connectivity index is 2.84. The summed E-state index contributed by atoms with van der Waals surface area (Å²) < 4.78 is 43.8. The van der Waals surface area contributed by atoms with E-state index in [1.807, 2.05) is 32.9 Å². The third-order valence-electron chi connectivity index (χ3n) is 3.02. The zero-order chi connectivity index (χ0) is 17.0. The van der Waals surface area contributed by atoms with Gasteiger partial charge in [-0.05, 0) is 30.0 Å². The van der Waals surface area contributed by atoms with E-state index in [1.165, 1.54) is 0 Å². The van der Waals surface area contributed by atoms with Gasteiger partial charge in [0.15, 0.2) is 0 Å². The van der Waals surface area contributed by atoms with Gasteiger partial charge in [0.25, 0.3) is 0 Å². The van der Waals surface area contributed by atoms with Gasteiger partial charge < -0.3 is 4.74 Å². The van der Waals surface area contributed by atoms with Crippen molar-refractivity contribution in [3.05, 3.63) is 29.8 Å². The molecule has 0 aliphatic carbocycles. The van der Waals surface area contributed by atoms with Crippen molar-refractivity contribution < 1.29 is 22.7 Å². The van der Waals surface area contributed by atoms with E-state index in [0.717, 1.165) is 5.56 Å². The van der Waals surface area contributed by atoms with Crippen LogP contribution in [0.15, 0.2) is 29.2 Å². The van der Waals surface area contributed by atoms with Crippen LogP contribution in [0.3, 0.4) is 0 Å². The molecular formula is C16H21F3O2S. The number of rotatable bonds is 5. The van der Waals surface area contributed by atoms with Gasteiger partial charge in [-0.2, -0.15) is 13.2 Å². The number of hydrogen-bond acceptors (Lipinski definition) is 3. The highest BCUT2D eigenvalue weighted by Gasteiger charge is 2.42. The molecule has 0 aliphatic rings. The van der Waals surface area contributed by atoms with E-state index in [-0.39, 0.29) is 12.0 Å². The second kappa shape index (κ2) is 7.40. The van der Waals surface area contributed by atoms with Crippen molar-refractivity contribution in [3.8, 4) is 0 Å². The standard InChI is InChI=1S/C16H21F3O2S/c1-5-21-14(20)10-13(16(17,18)19)22-12-8-6-11(7-9-12)15(2,3)4/h6-9,13H,5,10H2,1-4H3/t13-/m1/s1. The van der Waals surface area contributed by atoms with E-state index < -0.39 is 23.8 Å². The molecule has 22 heavy (non-hydrogen) atoms. The van der Waals surface area contributed by atoms with Crippen LogP contribution in [0.5, 0.6) is 0 Å². The molecule has 0 aliphatic heterocycles. The van der Waals surface area contributed by atoms with Gasteiger partial charge in [-0.3, -0.25) is 4.79 Å². The Morgan fingerprint density at radius 2 is 1.73 bits per heavy atom. The molecule has 0 saturated heterocycles. The predicted octanol–water partition coefficient (Wildman–Crippen LogP) is 4.96. The number of benzene rings is 1. The summed E-state index contributed by atoms with van der Waals surface area (Å²) in [4.78, 5) is 11.8. The van der Waals surface area contributed by atoms with Crippen LogP contribution in [0.25, 0.3) is 0 Å². The lowest BCUT2D eigenvalue weighted by molar-refractivity contribution is -0.154. The largest absolute Gasteiger partial charge is 0.466 e. The maximum atomic E-state index is 13.0. The first-order valence-electron chi connectivity index (χ1n) is 7.03. The van der Waals surface area contributed by atoms with Crippen LogP contribution in [0, 0.1) is 0 Å². The molecule has 0 heterocycles. The molecular weight excluding hydrogens is 313 g/mol. The molecule has 0 spiro atoms. The van der Waals surface area contributed by atoms with Gasteiger partial charge in [0.05, 0.1) is 13.0 Å². The Morgan fingerprint density at radius 3 is 2.14 bits per heavy atom. The number of halogens is 3. The number of carbonyl (C=O) groups is 1. The molecule has 0 saturated carbocycles. The topological polar surface area (TPSA) is 26.3 Å². The van der Waals surface area contributed by atoms with Crippen LogP contribution in [-0.4, -0.2) is 24.0 Å². The summed E-state index contributed by atoms with van der Waals surface area (Å²) in [5.41, 5.74) is 0.989. The first kappa shape index (κ1) is 18.9. The summed E-state index contributed by atoms with van der Waals surface area (Å²) >= 11 is 0.643. The lowest BCUT2D eigenvalue weighted by Crippen LogP contribution is -2.29. The summed E-state index contributed by atoms with van der Waals surface area (Å²) in [6.07, 6.45) is -5.14. The Hall–Kier alpha value is -1.17. The molecule has 0 fully saturated rings. The molecule has 1 atom stereocenters. The van der Waals surface area contributed by atoms with Gasteiger partial charge in [0, 0.05) is 4.90 Å². The minimum absolute atomic E-state index is 0.0580. The van der Waals surface area contributed by atoms with Crippen molar-refractivity contribution >= 4 is 17.7 Å². The molecule has 1 rings (SSSR count). The van der Waals surface area contributed by atoms with Crippen molar-refractivity contribution in [1.82, 2.24) is 0 Å². The van der Waals surface area contributed by atoms with Gasteiger partial charge in [-0.15, -0.1) is 11.8 Å². The minimum atomic E-state index is -4.46. The number of hydrogen-bond donors (Lipinski definition) is 0. The molecule has 1 aromatic carbocycles. The van der Waals surface area contributed by atoms with Crippen molar-refractivity contribution in [2.45, 2.75) is 55.9 Å². The average Bonchev–Trinajstić information content (AvgIpc) is 2.36. The predicted molar refractivity (Wildman–Crippen MR) is 82.1 cm³/mol. The van der Waals surface area contributed by atoms with Gasteiger partial charge in [0.1, 0.15) is 5.25 Å². The van der Waals surface area contributed by atoms with Crippen molar-refractivity contribution in [2.75, 3.05) is 6.61 Å². The Morgan fingerprint density at radius 1 is 1.18 bits per heavy atom. The molecule has 6 heteroatoms. The molecule has 0 amide bonds. The highest BCUT2D eigenvalue weighted by Crippen LogP contribution is 2.38. The van der Waals surface area contributed by atoms with E-state index in [1.54, 1.807) is 19.1 Å². The van der Waals surface area contributed by atoms with Crippen LogP contribution in [0.1, 0.15) is 39.7 Å². The van der Waals surface area contributed by atoms with Crippen LogP contribution in [-0.2, 0) is 14.9 Å². The molecule has 0 radical (unpaired) electrons. The number of ether oxygens (including phenoxy) is 1. The molecule has 2 nitrogen and oxygen atoms in total. The van der Waals surface area contributed by atoms with Crippen LogP contribution >= 0.6 is 11.8 Å². The summed E-state index contributed by atoms with van der Waals surface area (Å²) in [7, 11) is 0. The fraction of sp³-hybridized carbons (Fsp3) is 0.562. The third kappa shape index (κ3) is 5.91. The monoisotopic (exact) mass is 334 g/mol. The van der Waals surface area contributed by atoms with E-state index in [0.29, 0.717) is 16.7 Å². The number of esters is 1. The Bertz CT molecular complexity index is 490. The van der Waals surface area contributed by atoms with Crippen molar-refractivity contribution in [2.24, 2.45) is 0 Å². The molecule has 0 aromatic heterocycles. The first-order valence-corrected chi connectivity index (χ1v) is 7.91. The van der Waals surface area contributed by atoms with Gasteiger partial charge in [0.2, 0.25) is 0 Å². The summed E-state index contributed by atoms with van der Waals surface area (Å²) in [6, 6.07) is 6.96. The molecule has 1 aromatic rings. The van der Waals surface area contributed by atoms with Crippen molar-refractivity contribution in [3.63, 3.8) is 0 Å². The van der Waals surface area contributed by atoms with E-state index in [4.69, 9.17) is 0 Å². The number of alkyl halides is 3. The molecule has 0 N–H and O–H groups in total. The highest BCUT2D eigenvalue weighted by atomic mass is 32.2. The Kier molecular flexibility index (Phi) is 6.35. The minimum Gasteiger partial charge on any atom is -0.466 e. The third-order valence-corrected chi connectivity index (χ3v) is 4.28. The maximum absolute atomic E-state index is 13.0. The lowest BCUT2D eigenvalue weighted by Gasteiger charge is -2.21. The smallest absolute Gasteiger partial charge is 0.401 e. The second-order valence-electron chi connectivity index (χ2n) is 5.93. The fourth-order valence-electron chi connectivity index (χ4n) is 1.79. The quantitative estimate of drug-likeness (QED) is 0.562. The van der Waals surface area contributed by atoms with Gasteiger partial charge in [-0.25, -0.2) is 0 Å². The zero-order valence-electron chi connectivity index (χ0n) is 13.2. The van der Waals surface area contributed by atoms with Gasteiger partial charge >= 0.3 is 12.1 Å². The number of carbonyl (C=O) groups excluding carboxylic acids is 1. The zero-order valence-corrected chi connectivity index (χ0v) is 14.0. The fourth-order valence-corrected chi connectivity index (χ4v) is 2.77. The normalized spacial score (nSPS) is 13.8. The summed E-state index contributed by atoms with van der Waals surface area (Å²) in [5, 5.41) is -1.80. The average molecular weight is 334 g/mol. The summed E-state index contributed by atoms with van der Waals surface area (Å²) in [5.74, 6) is -0.830. The number of thioether (sulfide) groups is 1. The second-order valence-corrected chi connectivity index (χ2v) is 7.21. The van der Waals surface area contributed by atoms with E-state index >= 15 is 0 Å². The van der Waals surface area contributed by atoms with Crippen LogP contribution < -0.4 is 0 Å². The van der Waals surface area contributed by atoms with Crippen LogP contribution in [0.4, 0.5) is 13.2 Å². The van der Waals surface area contributed by atoms with Gasteiger partial charge in [-0.1, -0.05) is 32.9 Å². The van der Waals surface area contributed by atoms with E-state index in [9.17, 15) is 18.0 Å². The SMILES string of the molecule is CCOC(=O)C[C@@H](Sc1ccc(C(C)(C)C)cc1)C(F)(F)F. The lowest BCUT2D eigenvalue weighted by atomic mass is 9.87. The van der Waals surface area contributed by atoms with Crippen molar-refractivity contribution in [1.29, 1.82) is 0 Å². The molecule has 0 unspecified atom stereocenters. The Labute approximate surface area is 133 Å². The van der Waals surface area contributed by atoms with Crippen LogP contribution in [0.2, 0.25) is 0 Å². The molecule has 124 valence electrons.